The van der Waals surface area contributed by atoms with Crippen LogP contribution in [0, 0.1) is 0 Å². The molecular formula is C17H23N5O3S. The van der Waals surface area contributed by atoms with Crippen LogP contribution in [0.1, 0.15) is 36.7 Å². The van der Waals surface area contributed by atoms with E-state index in [0.717, 1.165) is 5.56 Å². The quantitative estimate of drug-likeness (QED) is 0.696. The maximum Gasteiger partial charge on any atom is 0.254 e. The number of benzene rings is 1. The van der Waals surface area contributed by atoms with Gasteiger partial charge < -0.3 is 10.6 Å². The van der Waals surface area contributed by atoms with Gasteiger partial charge in [0.25, 0.3) is 5.91 Å². The standard InChI is InChI=1S/C17H23N5O3S/c1-17(2,3)22-16-20-10-13(11-21-16)15(23)19-9-8-12-4-6-14(7-5-12)26(18,24)25/h4-7,10-11H,8-9H2,1-3H3,(H,19,23)(H2,18,24,25)(H,20,21,22). The summed E-state index contributed by atoms with van der Waals surface area (Å²) in [5, 5.41) is 11.0. The van der Waals surface area contributed by atoms with Crippen molar-refractivity contribution in [1.29, 1.82) is 0 Å². The molecular weight excluding hydrogens is 354 g/mol. The fourth-order valence-electron chi connectivity index (χ4n) is 2.11. The summed E-state index contributed by atoms with van der Waals surface area (Å²) < 4.78 is 22.4. The predicted molar refractivity (Wildman–Crippen MR) is 99.3 cm³/mol. The average Bonchev–Trinajstić information content (AvgIpc) is 2.53. The van der Waals surface area contributed by atoms with E-state index < -0.39 is 10.0 Å². The lowest BCUT2D eigenvalue weighted by Crippen LogP contribution is -2.28. The van der Waals surface area contributed by atoms with Gasteiger partial charge >= 0.3 is 0 Å². The fraction of sp³-hybridized carbons (Fsp3) is 0.353. The van der Waals surface area contributed by atoms with Crippen LogP contribution in [0.5, 0.6) is 0 Å². The molecule has 1 aromatic carbocycles. The first-order valence-corrected chi connectivity index (χ1v) is 9.59. The molecule has 9 heteroatoms. The number of hydrogen-bond acceptors (Lipinski definition) is 6. The summed E-state index contributed by atoms with van der Waals surface area (Å²) in [6.45, 7) is 6.38. The number of amides is 1. The summed E-state index contributed by atoms with van der Waals surface area (Å²) in [4.78, 5) is 20.4. The molecule has 0 radical (unpaired) electrons. The molecule has 0 saturated heterocycles. The molecule has 0 saturated carbocycles. The zero-order valence-corrected chi connectivity index (χ0v) is 15.8. The SMILES string of the molecule is CC(C)(C)Nc1ncc(C(=O)NCCc2ccc(S(N)(=O)=O)cc2)cn1. The van der Waals surface area contributed by atoms with Crippen LogP contribution in [-0.2, 0) is 16.4 Å². The molecule has 140 valence electrons. The monoisotopic (exact) mass is 377 g/mol. The Kier molecular flexibility index (Phi) is 5.94. The Morgan fingerprint density at radius 3 is 2.19 bits per heavy atom. The number of carbonyl (C=O) groups is 1. The number of rotatable bonds is 6. The molecule has 1 amide bonds. The number of sulfonamides is 1. The Morgan fingerprint density at radius 2 is 1.69 bits per heavy atom. The molecule has 0 aliphatic heterocycles. The first-order chi connectivity index (χ1) is 12.0. The number of nitrogens with one attached hydrogen (secondary N) is 2. The highest BCUT2D eigenvalue weighted by atomic mass is 32.2. The first-order valence-electron chi connectivity index (χ1n) is 8.05. The van der Waals surface area contributed by atoms with E-state index in [1.54, 1.807) is 12.1 Å². The summed E-state index contributed by atoms with van der Waals surface area (Å²) in [5.74, 6) is 0.192. The Morgan fingerprint density at radius 1 is 1.12 bits per heavy atom. The summed E-state index contributed by atoms with van der Waals surface area (Å²) in [7, 11) is -3.69. The minimum Gasteiger partial charge on any atom is -0.352 e. The van der Waals surface area contributed by atoms with E-state index in [-0.39, 0.29) is 16.3 Å². The van der Waals surface area contributed by atoms with Gasteiger partial charge in [0.1, 0.15) is 0 Å². The zero-order chi connectivity index (χ0) is 19.4. The molecule has 0 bridgehead atoms. The molecule has 26 heavy (non-hydrogen) atoms. The Hall–Kier alpha value is -2.52. The van der Waals surface area contributed by atoms with Gasteiger partial charge in [0.2, 0.25) is 16.0 Å². The van der Waals surface area contributed by atoms with E-state index in [2.05, 4.69) is 20.6 Å². The second kappa shape index (κ2) is 7.79. The molecule has 1 heterocycles. The van der Waals surface area contributed by atoms with Crippen molar-refractivity contribution >= 4 is 21.9 Å². The first kappa shape index (κ1) is 19.8. The lowest BCUT2D eigenvalue weighted by atomic mass is 10.1. The topological polar surface area (TPSA) is 127 Å². The number of primary sulfonamides is 1. The molecule has 0 fully saturated rings. The smallest absolute Gasteiger partial charge is 0.254 e. The largest absolute Gasteiger partial charge is 0.352 e. The van der Waals surface area contributed by atoms with E-state index in [0.29, 0.717) is 24.5 Å². The van der Waals surface area contributed by atoms with E-state index >= 15 is 0 Å². The molecule has 0 unspecified atom stereocenters. The highest BCUT2D eigenvalue weighted by Gasteiger charge is 2.12. The molecule has 8 nitrogen and oxygen atoms in total. The van der Waals surface area contributed by atoms with E-state index in [1.165, 1.54) is 24.5 Å². The van der Waals surface area contributed by atoms with Crippen LogP contribution in [-0.4, -0.2) is 36.4 Å². The van der Waals surface area contributed by atoms with Gasteiger partial charge in [0.15, 0.2) is 0 Å². The van der Waals surface area contributed by atoms with Gasteiger partial charge in [-0.15, -0.1) is 0 Å². The average molecular weight is 377 g/mol. The number of nitrogens with zero attached hydrogens (tertiary/aromatic N) is 2. The Bertz CT molecular complexity index is 857. The van der Waals surface area contributed by atoms with Crippen LogP contribution in [0.3, 0.4) is 0 Å². The van der Waals surface area contributed by atoms with Gasteiger partial charge in [-0.1, -0.05) is 12.1 Å². The fourth-order valence-corrected chi connectivity index (χ4v) is 2.63. The minimum atomic E-state index is -3.69. The molecule has 0 aliphatic rings. The Balaban J connectivity index is 1.87. The van der Waals surface area contributed by atoms with Crippen LogP contribution in [0.25, 0.3) is 0 Å². The minimum absolute atomic E-state index is 0.0615. The number of nitrogens with two attached hydrogens (primary N) is 1. The van der Waals surface area contributed by atoms with Crippen molar-refractivity contribution in [3.8, 4) is 0 Å². The van der Waals surface area contributed by atoms with E-state index in [1.807, 2.05) is 20.8 Å². The summed E-state index contributed by atoms with van der Waals surface area (Å²) >= 11 is 0. The molecule has 0 atom stereocenters. The highest BCUT2D eigenvalue weighted by Crippen LogP contribution is 2.10. The van der Waals surface area contributed by atoms with Gasteiger partial charge in [0, 0.05) is 24.5 Å². The third-order valence-corrected chi connectivity index (χ3v) is 4.28. The van der Waals surface area contributed by atoms with Crippen molar-refractivity contribution in [3.05, 3.63) is 47.8 Å². The van der Waals surface area contributed by atoms with Crippen molar-refractivity contribution in [1.82, 2.24) is 15.3 Å². The molecule has 2 rings (SSSR count). The number of anilines is 1. The summed E-state index contributed by atoms with van der Waals surface area (Å²) in [6.07, 6.45) is 3.50. The van der Waals surface area contributed by atoms with E-state index in [4.69, 9.17) is 5.14 Å². The number of carbonyl (C=O) groups excluding carboxylic acids is 1. The maximum atomic E-state index is 12.1. The zero-order valence-electron chi connectivity index (χ0n) is 15.0. The van der Waals surface area contributed by atoms with Crippen LogP contribution < -0.4 is 15.8 Å². The molecule has 4 N–H and O–H groups in total. The van der Waals surface area contributed by atoms with Gasteiger partial charge in [0.05, 0.1) is 10.5 Å². The van der Waals surface area contributed by atoms with Crippen LogP contribution >= 0.6 is 0 Å². The van der Waals surface area contributed by atoms with Crippen molar-refractivity contribution in [2.24, 2.45) is 5.14 Å². The van der Waals surface area contributed by atoms with Crippen molar-refractivity contribution in [3.63, 3.8) is 0 Å². The van der Waals surface area contributed by atoms with Gasteiger partial charge in [-0.25, -0.2) is 23.5 Å². The molecule has 0 spiro atoms. The second-order valence-electron chi connectivity index (χ2n) is 6.87. The Labute approximate surface area is 153 Å². The third-order valence-electron chi connectivity index (χ3n) is 3.35. The maximum absolute atomic E-state index is 12.1. The van der Waals surface area contributed by atoms with Crippen LogP contribution in [0.15, 0.2) is 41.6 Å². The van der Waals surface area contributed by atoms with Gasteiger partial charge in [-0.3, -0.25) is 4.79 Å². The molecule has 0 aliphatic carbocycles. The molecule has 2 aromatic rings. The third kappa shape index (κ3) is 6.08. The molecule has 1 aromatic heterocycles. The summed E-state index contributed by atoms with van der Waals surface area (Å²) in [6, 6.07) is 6.23. The van der Waals surface area contributed by atoms with Gasteiger partial charge in [-0.2, -0.15) is 0 Å². The highest BCUT2D eigenvalue weighted by molar-refractivity contribution is 7.89. The van der Waals surface area contributed by atoms with Gasteiger partial charge in [-0.05, 0) is 44.9 Å². The van der Waals surface area contributed by atoms with E-state index in [9.17, 15) is 13.2 Å². The predicted octanol–water partition coefficient (Wildman–Crippen LogP) is 1.31. The van der Waals surface area contributed by atoms with Crippen LogP contribution in [0.4, 0.5) is 5.95 Å². The van der Waals surface area contributed by atoms with Crippen molar-refractivity contribution in [2.45, 2.75) is 37.6 Å². The van der Waals surface area contributed by atoms with Crippen molar-refractivity contribution in [2.75, 3.05) is 11.9 Å². The second-order valence-corrected chi connectivity index (χ2v) is 8.43. The lowest BCUT2D eigenvalue weighted by molar-refractivity contribution is 0.0953. The van der Waals surface area contributed by atoms with Crippen LogP contribution in [0.2, 0.25) is 0 Å². The normalized spacial score (nSPS) is 11.8. The lowest BCUT2D eigenvalue weighted by Gasteiger charge is -2.20. The summed E-state index contributed by atoms with van der Waals surface area (Å²) in [5.41, 5.74) is 1.09. The van der Waals surface area contributed by atoms with Crippen molar-refractivity contribution < 1.29 is 13.2 Å². The number of hydrogen-bond donors (Lipinski definition) is 3. The number of aromatic nitrogens is 2.